The highest BCUT2D eigenvalue weighted by molar-refractivity contribution is 6.19. The van der Waals surface area contributed by atoms with Crippen molar-refractivity contribution in [3.63, 3.8) is 0 Å². The van der Waals surface area contributed by atoms with E-state index in [2.05, 4.69) is 40.9 Å². The Morgan fingerprint density at radius 1 is 1.23 bits per heavy atom. The molecular weight excluding hydrogens is 378 g/mol. The molecule has 7 nitrogen and oxygen atoms in total. The number of amidine groups is 3. The molecular formula is C23H32N5O2+. The van der Waals surface area contributed by atoms with Gasteiger partial charge in [0.15, 0.2) is 23.7 Å². The van der Waals surface area contributed by atoms with Crippen molar-refractivity contribution in [3.8, 4) is 11.5 Å². The SMILES string of the molecule is CCN=C1NC=[N+](Cc2ccc(OC)c(OC3CCCC3)c2)C2=NC(C(C)C)=NC12. The first-order valence-electron chi connectivity index (χ1n) is 11.0. The first-order valence-corrected chi connectivity index (χ1v) is 11.0. The Morgan fingerprint density at radius 2 is 2.03 bits per heavy atom. The molecule has 1 saturated carbocycles. The topological polar surface area (TPSA) is 70.6 Å². The second-order valence-corrected chi connectivity index (χ2v) is 8.28. The lowest BCUT2D eigenvalue weighted by molar-refractivity contribution is -0.426. The van der Waals surface area contributed by atoms with Gasteiger partial charge in [-0.1, -0.05) is 24.9 Å². The molecule has 7 heteroatoms. The fourth-order valence-electron chi connectivity index (χ4n) is 4.09. The summed E-state index contributed by atoms with van der Waals surface area (Å²) in [5, 5.41) is 3.32. The molecule has 2 aliphatic heterocycles. The molecule has 1 aromatic rings. The molecule has 0 aromatic heterocycles. The Bertz CT molecular complexity index is 910. The number of rotatable bonds is 7. The zero-order chi connectivity index (χ0) is 21.1. The Balaban J connectivity index is 1.59. The van der Waals surface area contributed by atoms with Gasteiger partial charge in [0, 0.05) is 12.5 Å². The molecule has 2 heterocycles. The number of hydrogen-bond donors (Lipinski definition) is 1. The molecule has 0 saturated heterocycles. The number of ether oxygens (including phenoxy) is 2. The molecule has 1 aliphatic carbocycles. The van der Waals surface area contributed by atoms with Crippen molar-refractivity contribution in [2.75, 3.05) is 13.7 Å². The molecule has 0 spiro atoms. The minimum absolute atomic E-state index is 0.153. The third kappa shape index (κ3) is 4.25. The van der Waals surface area contributed by atoms with Crippen LogP contribution in [0.2, 0.25) is 0 Å². The van der Waals surface area contributed by atoms with Crippen molar-refractivity contribution in [3.05, 3.63) is 23.8 Å². The maximum atomic E-state index is 6.27. The fraction of sp³-hybridized carbons (Fsp3) is 0.565. The van der Waals surface area contributed by atoms with E-state index in [-0.39, 0.29) is 18.1 Å². The lowest BCUT2D eigenvalue weighted by Crippen LogP contribution is -2.49. The average molecular weight is 411 g/mol. The Hall–Kier alpha value is -2.70. The van der Waals surface area contributed by atoms with Gasteiger partial charge in [0.1, 0.15) is 0 Å². The maximum Gasteiger partial charge on any atom is 0.274 e. The van der Waals surface area contributed by atoms with Crippen molar-refractivity contribution >= 4 is 23.8 Å². The Morgan fingerprint density at radius 3 is 2.73 bits per heavy atom. The molecule has 1 unspecified atom stereocenters. The number of benzene rings is 1. The van der Waals surface area contributed by atoms with Crippen LogP contribution in [0.3, 0.4) is 0 Å². The van der Waals surface area contributed by atoms with Crippen LogP contribution in [-0.4, -0.2) is 54.2 Å². The van der Waals surface area contributed by atoms with Gasteiger partial charge in [-0.2, -0.15) is 0 Å². The quantitative estimate of drug-likeness (QED) is 0.700. The van der Waals surface area contributed by atoms with Gasteiger partial charge in [0.05, 0.1) is 19.8 Å². The lowest BCUT2D eigenvalue weighted by Gasteiger charge is -2.19. The predicted molar refractivity (Wildman–Crippen MR) is 121 cm³/mol. The van der Waals surface area contributed by atoms with Gasteiger partial charge in [-0.15, -0.1) is 0 Å². The first-order chi connectivity index (χ1) is 14.6. The molecule has 160 valence electrons. The highest BCUT2D eigenvalue weighted by atomic mass is 16.5. The lowest BCUT2D eigenvalue weighted by atomic mass is 10.1. The summed E-state index contributed by atoms with van der Waals surface area (Å²) in [4.78, 5) is 14.3. The Kier molecular flexibility index (Phi) is 6.16. The maximum absolute atomic E-state index is 6.27. The summed E-state index contributed by atoms with van der Waals surface area (Å²) in [6.07, 6.45) is 6.94. The van der Waals surface area contributed by atoms with Gasteiger partial charge >= 0.3 is 0 Å². The molecule has 3 aliphatic rings. The van der Waals surface area contributed by atoms with Gasteiger partial charge in [-0.05, 0) is 50.3 Å². The summed E-state index contributed by atoms with van der Waals surface area (Å²) in [5.41, 5.74) is 1.14. The molecule has 4 rings (SSSR count). The van der Waals surface area contributed by atoms with Crippen LogP contribution in [0, 0.1) is 5.92 Å². The van der Waals surface area contributed by atoms with Gasteiger partial charge < -0.3 is 9.47 Å². The molecule has 30 heavy (non-hydrogen) atoms. The fourth-order valence-corrected chi connectivity index (χ4v) is 4.09. The highest BCUT2D eigenvalue weighted by Crippen LogP contribution is 2.32. The van der Waals surface area contributed by atoms with Crippen molar-refractivity contribution < 1.29 is 14.0 Å². The van der Waals surface area contributed by atoms with E-state index >= 15 is 0 Å². The third-order valence-corrected chi connectivity index (χ3v) is 5.68. The van der Waals surface area contributed by atoms with Crippen molar-refractivity contribution in [2.45, 2.75) is 65.1 Å². The van der Waals surface area contributed by atoms with Crippen LogP contribution in [0.25, 0.3) is 0 Å². The van der Waals surface area contributed by atoms with Crippen LogP contribution in [-0.2, 0) is 6.54 Å². The van der Waals surface area contributed by atoms with Crippen molar-refractivity contribution in [1.29, 1.82) is 0 Å². The molecule has 1 aromatic carbocycles. The van der Waals surface area contributed by atoms with Gasteiger partial charge in [-0.25, -0.2) is 9.57 Å². The summed E-state index contributed by atoms with van der Waals surface area (Å²) < 4.78 is 13.9. The standard InChI is InChI=1S/C23H31N5O2/c1-5-24-22-20-23(27-21(26-20)15(2)3)28(14-25-22)13-16-10-11-18(29-4)19(12-16)30-17-8-6-7-9-17/h10-12,14-15,17,20H,5-9,13H2,1-4H3/p+1. The molecule has 0 radical (unpaired) electrons. The third-order valence-electron chi connectivity index (χ3n) is 5.68. The van der Waals surface area contributed by atoms with Gasteiger partial charge in [-0.3, -0.25) is 10.3 Å². The van der Waals surface area contributed by atoms with E-state index in [1.165, 1.54) is 12.8 Å². The Labute approximate surface area is 178 Å². The number of nitrogens with one attached hydrogen (secondary N) is 1. The van der Waals surface area contributed by atoms with Crippen molar-refractivity contribution in [2.24, 2.45) is 20.9 Å². The minimum atomic E-state index is -0.153. The second kappa shape index (κ2) is 8.98. The second-order valence-electron chi connectivity index (χ2n) is 8.28. The van der Waals surface area contributed by atoms with E-state index in [0.29, 0.717) is 13.1 Å². The summed E-state index contributed by atoms with van der Waals surface area (Å²) >= 11 is 0. The average Bonchev–Trinajstić information content (AvgIpc) is 3.40. The minimum Gasteiger partial charge on any atom is -0.493 e. The zero-order valence-corrected chi connectivity index (χ0v) is 18.4. The molecule has 1 N–H and O–H groups in total. The van der Waals surface area contributed by atoms with E-state index in [1.54, 1.807) is 7.11 Å². The van der Waals surface area contributed by atoms with Crippen LogP contribution in [0.1, 0.15) is 52.0 Å². The van der Waals surface area contributed by atoms with E-state index < -0.39 is 0 Å². The van der Waals surface area contributed by atoms with Crippen LogP contribution in [0.15, 0.2) is 33.2 Å². The number of fused-ring (bicyclic) bond motifs is 1. The van der Waals surface area contributed by atoms with Crippen molar-refractivity contribution in [1.82, 2.24) is 5.32 Å². The van der Waals surface area contributed by atoms with Gasteiger partial charge in [0.25, 0.3) is 5.84 Å². The normalized spacial score (nSPS) is 22.5. The summed E-state index contributed by atoms with van der Waals surface area (Å²) in [7, 11) is 1.69. The first kappa shape index (κ1) is 20.6. The van der Waals surface area contributed by atoms with Crippen LogP contribution in [0.5, 0.6) is 11.5 Å². The zero-order valence-electron chi connectivity index (χ0n) is 18.4. The van der Waals surface area contributed by atoms with Crippen LogP contribution >= 0.6 is 0 Å². The molecule has 1 fully saturated rings. The number of hydrogen-bond acceptors (Lipinski definition) is 5. The summed E-state index contributed by atoms with van der Waals surface area (Å²) in [6.45, 7) is 7.66. The monoisotopic (exact) mass is 410 g/mol. The summed E-state index contributed by atoms with van der Waals surface area (Å²) in [6, 6.07) is 6.01. The summed E-state index contributed by atoms with van der Waals surface area (Å²) in [5.74, 6) is 4.55. The van der Waals surface area contributed by atoms with E-state index in [0.717, 1.165) is 47.4 Å². The molecule has 0 bridgehead atoms. The number of aliphatic imine (C=N–C) groups is 3. The highest BCUT2D eigenvalue weighted by Gasteiger charge is 2.40. The predicted octanol–water partition coefficient (Wildman–Crippen LogP) is 3.41. The van der Waals surface area contributed by atoms with Gasteiger partial charge in [0.2, 0.25) is 11.9 Å². The molecule has 0 amide bonds. The van der Waals surface area contributed by atoms with E-state index in [1.807, 2.05) is 19.3 Å². The van der Waals surface area contributed by atoms with Crippen LogP contribution in [0.4, 0.5) is 0 Å². The van der Waals surface area contributed by atoms with E-state index in [4.69, 9.17) is 19.5 Å². The number of nitrogens with zero attached hydrogens (tertiary/aromatic N) is 4. The largest absolute Gasteiger partial charge is 0.493 e. The van der Waals surface area contributed by atoms with E-state index in [9.17, 15) is 0 Å². The van der Waals surface area contributed by atoms with Crippen LogP contribution < -0.4 is 14.8 Å². The number of methoxy groups -OCH3 is 1. The molecule has 1 atom stereocenters. The smallest absolute Gasteiger partial charge is 0.274 e.